The van der Waals surface area contributed by atoms with Gasteiger partial charge in [-0.1, -0.05) is 6.07 Å². The highest BCUT2D eigenvalue weighted by molar-refractivity contribution is 7.80. The molecule has 0 aliphatic carbocycles. The standard InChI is InChI=1S/C17H20N2O2S/c1-11-5-6-13(9-12(11)2)18-17(22)19-15-10-14(20-3)7-8-16(15)21-4/h5-10H,1-4H3,(H2,18,19,22). The van der Waals surface area contributed by atoms with Gasteiger partial charge in [-0.2, -0.15) is 0 Å². The fourth-order valence-corrected chi connectivity index (χ4v) is 2.24. The Hall–Kier alpha value is -2.27. The molecule has 0 aromatic heterocycles. The van der Waals surface area contributed by atoms with Crippen LogP contribution < -0.4 is 20.1 Å². The molecular weight excluding hydrogens is 296 g/mol. The Kier molecular flexibility index (Phi) is 5.22. The number of hydrogen-bond acceptors (Lipinski definition) is 3. The van der Waals surface area contributed by atoms with Crippen LogP contribution in [0.15, 0.2) is 36.4 Å². The number of thiocarbonyl (C=S) groups is 1. The van der Waals surface area contributed by atoms with Gasteiger partial charge in [-0.05, 0) is 61.5 Å². The van der Waals surface area contributed by atoms with Crippen molar-refractivity contribution in [1.82, 2.24) is 0 Å². The Balaban J connectivity index is 2.12. The minimum absolute atomic E-state index is 0.495. The number of benzene rings is 2. The number of methoxy groups -OCH3 is 2. The highest BCUT2D eigenvalue weighted by atomic mass is 32.1. The molecule has 2 aromatic rings. The van der Waals surface area contributed by atoms with Crippen LogP contribution in [0.5, 0.6) is 11.5 Å². The van der Waals surface area contributed by atoms with Crippen molar-refractivity contribution >= 4 is 28.7 Å². The van der Waals surface area contributed by atoms with E-state index in [0.717, 1.165) is 17.1 Å². The van der Waals surface area contributed by atoms with Gasteiger partial charge in [0.2, 0.25) is 0 Å². The average Bonchev–Trinajstić information content (AvgIpc) is 2.50. The quantitative estimate of drug-likeness (QED) is 0.830. The maximum absolute atomic E-state index is 5.36. The third-order valence-corrected chi connectivity index (χ3v) is 3.62. The zero-order valence-corrected chi connectivity index (χ0v) is 14.0. The van der Waals surface area contributed by atoms with Crippen molar-refractivity contribution in [2.24, 2.45) is 0 Å². The van der Waals surface area contributed by atoms with Crippen LogP contribution in [0.25, 0.3) is 0 Å². The van der Waals surface area contributed by atoms with Crippen LogP contribution in [-0.2, 0) is 0 Å². The second kappa shape index (κ2) is 7.13. The smallest absolute Gasteiger partial charge is 0.175 e. The minimum atomic E-state index is 0.495. The summed E-state index contributed by atoms with van der Waals surface area (Å²) in [5.41, 5.74) is 4.16. The van der Waals surface area contributed by atoms with Crippen LogP contribution in [0, 0.1) is 13.8 Å². The van der Waals surface area contributed by atoms with E-state index in [0.29, 0.717) is 10.9 Å². The predicted octanol–water partition coefficient (Wildman–Crippen LogP) is 4.13. The molecule has 0 amide bonds. The monoisotopic (exact) mass is 316 g/mol. The zero-order valence-electron chi connectivity index (χ0n) is 13.2. The SMILES string of the molecule is COc1ccc(OC)c(NC(=S)Nc2ccc(C)c(C)c2)c1. The highest BCUT2D eigenvalue weighted by Gasteiger charge is 2.07. The number of hydrogen-bond donors (Lipinski definition) is 2. The summed E-state index contributed by atoms with van der Waals surface area (Å²) in [5.74, 6) is 1.43. The fourth-order valence-electron chi connectivity index (χ4n) is 2.02. The molecule has 0 heterocycles. The second-order valence-corrected chi connectivity index (χ2v) is 5.35. The van der Waals surface area contributed by atoms with Crippen molar-refractivity contribution in [2.45, 2.75) is 13.8 Å². The van der Waals surface area contributed by atoms with Gasteiger partial charge in [-0.3, -0.25) is 0 Å². The summed E-state index contributed by atoms with van der Waals surface area (Å²) in [6.07, 6.45) is 0. The normalized spacial score (nSPS) is 10.0. The van der Waals surface area contributed by atoms with Gasteiger partial charge in [-0.25, -0.2) is 0 Å². The Labute approximate surface area is 136 Å². The third kappa shape index (κ3) is 3.89. The number of anilines is 2. The van der Waals surface area contributed by atoms with E-state index in [4.69, 9.17) is 21.7 Å². The van der Waals surface area contributed by atoms with E-state index in [1.54, 1.807) is 14.2 Å². The summed E-state index contributed by atoms with van der Waals surface area (Å²) in [4.78, 5) is 0. The topological polar surface area (TPSA) is 42.5 Å². The summed E-state index contributed by atoms with van der Waals surface area (Å²) in [7, 11) is 3.24. The van der Waals surface area contributed by atoms with Crippen LogP contribution in [0.1, 0.15) is 11.1 Å². The largest absolute Gasteiger partial charge is 0.497 e. The molecule has 2 rings (SSSR count). The maximum atomic E-state index is 5.36. The molecule has 22 heavy (non-hydrogen) atoms. The Morgan fingerprint density at radius 2 is 1.68 bits per heavy atom. The van der Waals surface area contributed by atoms with Gasteiger partial charge >= 0.3 is 0 Å². The van der Waals surface area contributed by atoms with Gasteiger partial charge in [0, 0.05) is 11.8 Å². The van der Waals surface area contributed by atoms with Gasteiger partial charge in [0.15, 0.2) is 5.11 Å². The Morgan fingerprint density at radius 3 is 2.32 bits per heavy atom. The second-order valence-electron chi connectivity index (χ2n) is 4.94. The molecule has 2 aromatic carbocycles. The number of rotatable bonds is 4. The average molecular weight is 316 g/mol. The van der Waals surface area contributed by atoms with Crippen LogP contribution in [0.3, 0.4) is 0 Å². The van der Waals surface area contributed by atoms with E-state index in [2.05, 4.69) is 36.6 Å². The lowest BCUT2D eigenvalue weighted by atomic mass is 10.1. The lowest BCUT2D eigenvalue weighted by Gasteiger charge is -2.15. The summed E-state index contributed by atoms with van der Waals surface area (Å²) >= 11 is 5.36. The molecule has 0 bridgehead atoms. The van der Waals surface area contributed by atoms with Crippen molar-refractivity contribution < 1.29 is 9.47 Å². The van der Waals surface area contributed by atoms with Crippen molar-refractivity contribution in [2.75, 3.05) is 24.9 Å². The Bertz CT molecular complexity index is 686. The van der Waals surface area contributed by atoms with Crippen molar-refractivity contribution in [3.05, 3.63) is 47.5 Å². The van der Waals surface area contributed by atoms with Crippen LogP contribution in [-0.4, -0.2) is 19.3 Å². The summed E-state index contributed by atoms with van der Waals surface area (Å²) in [5, 5.41) is 6.80. The van der Waals surface area contributed by atoms with E-state index in [1.807, 2.05) is 24.3 Å². The maximum Gasteiger partial charge on any atom is 0.175 e. The molecule has 0 spiro atoms. The number of aryl methyl sites for hydroxylation is 2. The molecule has 0 saturated carbocycles. The predicted molar refractivity (Wildman–Crippen MR) is 95.3 cm³/mol. The van der Waals surface area contributed by atoms with Crippen LogP contribution in [0.4, 0.5) is 11.4 Å². The summed E-state index contributed by atoms with van der Waals surface area (Å²) in [6.45, 7) is 4.15. The Morgan fingerprint density at radius 1 is 0.909 bits per heavy atom. The summed E-state index contributed by atoms with van der Waals surface area (Å²) in [6, 6.07) is 11.6. The number of nitrogens with one attached hydrogen (secondary N) is 2. The molecular formula is C17H20N2O2S. The first-order valence-corrected chi connectivity index (χ1v) is 7.31. The van der Waals surface area contributed by atoms with E-state index in [9.17, 15) is 0 Å². The van der Waals surface area contributed by atoms with Gasteiger partial charge in [0.25, 0.3) is 0 Å². The van der Waals surface area contributed by atoms with E-state index < -0.39 is 0 Å². The van der Waals surface area contributed by atoms with E-state index in [-0.39, 0.29) is 0 Å². The molecule has 4 nitrogen and oxygen atoms in total. The lowest BCUT2D eigenvalue weighted by molar-refractivity contribution is 0.405. The van der Waals surface area contributed by atoms with Crippen molar-refractivity contribution in [1.29, 1.82) is 0 Å². The van der Waals surface area contributed by atoms with Crippen LogP contribution >= 0.6 is 12.2 Å². The first-order chi connectivity index (χ1) is 10.5. The van der Waals surface area contributed by atoms with E-state index >= 15 is 0 Å². The minimum Gasteiger partial charge on any atom is -0.497 e. The first kappa shape index (κ1) is 16.1. The fraction of sp³-hybridized carbons (Fsp3) is 0.235. The molecule has 0 aliphatic rings. The molecule has 5 heteroatoms. The van der Waals surface area contributed by atoms with Crippen molar-refractivity contribution in [3.8, 4) is 11.5 Å². The summed E-state index contributed by atoms with van der Waals surface area (Å²) < 4.78 is 10.5. The molecule has 0 radical (unpaired) electrons. The third-order valence-electron chi connectivity index (χ3n) is 3.42. The highest BCUT2D eigenvalue weighted by Crippen LogP contribution is 2.29. The lowest BCUT2D eigenvalue weighted by Crippen LogP contribution is -2.19. The first-order valence-electron chi connectivity index (χ1n) is 6.90. The zero-order chi connectivity index (χ0) is 16.1. The van der Waals surface area contributed by atoms with Crippen molar-refractivity contribution in [3.63, 3.8) is 0 Å². The molecule has 0 atom stereocenters. The van der Waals surface area contributed by atoms with Crippen LogP contribution in [0.2, 0.25) is 0 Å². The molecule has 116 valence electrons. The van der Waals surface area contributed by atoms with Gasteiger partial charge in [0.05, 0.1) is 19.9 Å². The molecule has 0 unspecified atom stereocenters. The molecule has 2 N–H and O–H groups in total. The molecule has 0 aliphatic heterocycles. The van der Waals surface area contributed by atoms with Gasteiger partial charge in [0.1, 0.15) is 11.5 Å². The van der Waals surface area contributed by atoms with Gasteiger partial charge in [-0.15, -0.1) is 0 Å². The molecule has 0 fully saturated rings. The number of ether oxygens (including phenoxy) is 2. The molecule has 0 saturated heterocycles. The van der Waals surface area contributed by atoms with Gasteiger partial charge < -0.3 is 20.1 Å². The van der Waals surface area contributed by atoms with E-state index in [1.165, 1.54) is 11.1 Å².